The van der Waals surface area contributed by atoms with Gasteiger partial charge in [0, 0.05) is 38.8 Å². The van der Waals surface area contributed by atoms with E-state index < -0.39 is 0 Å². The first-order valence-electron chi connectivity index (χ1n) is 20.8. The highest BCUT2D eigenvalue weighted by Crippen LogP contribution is 2.56. The molecule has 7 aromatic carbocycles. The van der Waals surface area contributed by atoms with Crippen LogP contribution in [0.5, 0.6) is 0 Å². The lowest BCUT2D eigenvalue weighted by Gasteiger charge is -2.36. The Morgan fingerprint density at radius 3 is 2.04 bits per heavy atom. The lowest BCUT2D eigenvalue weighted by Crippen LogP contribution is -2.84. The second-order valence-corrected chi connectivity index (χ2v) is 18.1. The van der Waals surface area contributed by atoms with Crippen molar-refractivity contribution in [1.29, 1.82) is 0 Å². The van der Waals surface area contributed by atoms with Gasteiger partial charge in [-0.2, -0.15) is 0 Å². The number of hydrogen-bond donors (Lipinski definition) is 1. The predicted molar refractivity (Wildman–Crippen MR) is 237 cm³/mol. The van der Waals surface area contributed by atoms with Crippen molar-refractivity contribution < 1.29 is 5.32 Å². The first-order chi connectivity index (χ1) is 27.9. The summed E-state index contributed by atoms with van der Waals surface area (Å²) in [6.45, 7) is 10.5. The van der Waals surface area contributed by atoms with Crippen molar-refractivity contribution in [2.24, 2.45) is 0 Å². The molecular formula is C54H51N2S+. The smallest absolute Gasteiger partial charge is 0.170 e. The Balaban J connectivity index is 1.02. The normalized spacial score (nSPS) is 21.7. The van der Waals surface area contributed by atoms with Gasteiger partial charge in [0.05, 0.1) is 6.04 Å². The van der Waals surface area contributed by atoms with Crippen molar-refractivity contribution in [3.05, 3.63) is 214 Å². The van der Waals surface area contributed by atoms with E-state index in [9.17, 15) is 0 Å². The highest BCUT2D eigenvalue weighted by molar-refractivity contribution is 7.99. The van der Waals surface area contributed by atoms with E-state index in [2.05, 4.69) is 208 Å². The van der Waals surface area contributed by atoms with Crippen LogP contribution in [0, 0.1) is 0 Å². The number of hydrogen-bond acceptors (Lipinski definition) is 2. The van der Waals surface area contributed by atoms with E-state index in [1.807, 2.05) is 11.8 Å². The Hall–Kier alpha value is -5.19. The van der Waals surface area contributed by atoms with Crippen LogP contribution in [0.1, 0.15) is 103 Å². The summed E-state index contributed by atoms with van der Waals surface area (Å²) in [5.41, 5.74) is 16.9. The Bertz CT molecular complexity index is 2580. The first kappa shape index (κ1) is 36.2. The summed E-state index contributed by atoms with van der Waals surface area (Å²) in [7, 11) is 0. The molecule has 1 fully saturated rings. The fourth-order valence-electron chi connectivity index (χ4n) is 10.7. The molecule has 5 atom stereocenters. The highest BCUT2D eigenvalue weighted by atomic mass is 32.2. The maximum absolute atomic E-state index is 2.79. The van der Waals surface area contributed by atoms with Gasteiger partial charge >= 0.3 is 0 Å². The van der Waals surface area contributed by atoms with E-state index in [1.165, 1.54) is 76.6 Å². The SMILES string of the molecule is CCC1C(c2ccccc2)[NH2+]C(c2cccc(Sc3ccccc3)c2)N1Cc1cccc(C2c3ccccc3-c3cc4c(cc3C2C)C(C)(C)c2ccccc2-4)c1. The molecule has 0 spiro atoms. The number of nitrogens with two attached hydrogens (primary N) is 1. The molecule has 5 unspecified atom stereocenters. The van der Waals surface area contributed by atoms with E-state index in [1.54, 1.807) is 0 Å². The van der Waals surface area contributed by atoms with Crippen LogP contribution in [-0.2, 0) is 12.0 Å². The van der Waals surface area contributed by atoms with Crippen molar-refractivity contribution in [3.8, 4) is 22.3 Å². The average Bonchev–Trinajstić information content (AvgIpc) is 3.72. The Morgan fingerprint density at radius 1 is 0.561 bits per heavy atom. The number of rotatable bonds is 8. The molecule has 1 saturated heterocycles. The molecule has 0 bridgehead atoms. The van der Waals surface area contributed by atoms with Gasteiger partial charge in [-0.3, -0.25) is 0 Å². The topological polar surface area (TPSA) is 19.9 Å². The monoisotopic (exact) mass is 759 g/mol. The molecule has 1 aliphatic heterocycles. The number of quaternary nitrogens is 1. The lowest BCUT2D eigenvalue weighted by molar-refractivity contribution is -0.723. The molecule has 0 saturated carbocycles. The number of fused-ring (bicyclic) bond motifs is 6. The maximum Gasteiger partial charge on any atom is 0.170 e. The van der Waals surface area contributed by atoms with Gasteiger partial charge < -0.3 is 5.32 Å². The molecule has 1 heterocycles. The average molecular weight is 760 g/mol. The van der Waals surface area contributed by atoms with Crippen LogP contribution in [-0.4, -0.2) is 10.9 Å². The minimum atomic E-state index is -0.0243. The molecule has 7 aromatic rings. The van der Waals surface area contributed by atoms with Gasteiger partial charge in [-0.15, -0.1) is 0 Å². The van der Waals surface area contributed by atoms with Gasteiger partial charge in [-0.05, 0) is 98.3 Å². The van der Waals surface area contributed by atoms with Gasteiger partial charge in [-0.25, -0.2) is 4.90 Å². The van der Waals surface area contributed by atoms with Crippen LogP contribution in [0.3, 0.4) is 0 Å². The van der Waals surface area contributed by atoms with E-state index >= 15 is 0 Å². The summed E-state index contributed by atoms with van der Waals surface area (Å²) in [6.07, 6.45) is 1.29. The lowest BCUT2D eigenvalue weighted by atomic mass is 9.68. The van der Waals surface area contributed by atoms with E-state index in [-0.39, 0.29) is 17.5 Å². The second kappa shape index (κ2) is 14.6. The minimum Gasteiger partial charge on any atom is -0.320 e. The molecule has 3 heteroatoms. The van der Waals surface area contributed by atoms with E-state index in [0.29, 0.717) is 18.0 Å². The van der Waals surface area contributed by atoms with Gasteiger partial charge in [0.2, 0.25) is 0 Å². The third-order valence-electron chi connectivity index (χ3n) is 13.4. The standard InChI is InChI=1S/C54H50N2S/c1-5-50-52(37-19-8-6-9-20-37)55-53(39-22-17-25-41(31-39)57-40-23-10-7-11-24-40)56(50)34-36-18-16-21-38(30-36)51-35(2)45-33-49-47(32-46(45)42-26-12-13-28-44(42)51)43-27-14-15-29-48(43)54(49,3)4/h6-33,35,50-53,55H,5,34H2,1-4H3/p+1. The highest BCUT2D eigenvalue weighted by Gasteiger charge is 2.45. The fourth-order valence-corrected chi connectivity index (χ4v) is 11.6. The molecular weight excluding hydrogens is 709 g/mol. The summed E-state index contributed by atoms with van der Waals surface area (Å²) < 4.78 is 0. The Labute approximate surface area is 343 Å². The molecule has 3 aliphatic rings. The molecule has 0 radical (unpaired) electrons. The van der Waals surface area contributed by atoms with Crippen LogP contribution in [0.4, 0.5) is 0 Å². The summed E-state index contributed by atoms with van der Waals surface area (Å²) in [5, 5.41) is 2.63. The quantitative estimate of drug-likeness (QED) is 0.166. The van der Waals surface area contributed by atoms with Crippen molar-refractivity contribution in [1.82, 2.24) is 4.90 Å². The maximum atomic E-state index is 2.79. The molecule has 0 amide bonds. The van der Waals surface area contributed by atoms with Crippen molar-refractivity contribution in [2.75, 3.05) is 0 Å². The third kappa shape index (κ3) is 6.28. The Kier molecular flexibility index (Phi) is 9.29. The van der Waals surface area contributed by atoms with Crippen LogP contribution >= 0.6 is 11.8 Å². The molecule has 2 N–H and O–H groups in total. The van der Waals surface area contributed by atoms with Gasteiger partial charge in [0.25, 0.3) is 0 Å². The van der Waals surface area contributed by atoms with Crippen LogP contribution < -0.4 is 5.32 Å². The molecule has 0 aromatic heterocycles. The molecule has 10 rings (SSSR count). The van der Waals surface area contributed by atoms with E-state index in [4.69, 9.17) is 0 Å². The zero-order valence-electron chi connectivity index (χ0n) is 33.4. The number of nitrogens with zero attached hydrogens (tertiary/aromatic N) is 1. The van der Waals surface area contributed by atoms with Crippen LogP contribution in [0.15, 0.2) is 180 Å². The molecule has 57 heavy (non-hydrogen) atoms. The summed E-state index contributed by atoms with van der Waals surface area (Å²) in [4.78, 5) is 5.35. The summed E-state index contributed by atoms with van der Waals surface area (Å²) in [5.74, 6) is 0.601. The Morgan fingerprint density at radius 2 is 1.23 bits per heavy atom. The second-order valence-electron chi connectivity index (χ2n) is 17.0. The third-order valence-corrected chi connectivity index (χ3v) is 14.4. The predicted octanol–water partition coefficient (Wildman–Crippen LogP) is 12.7. The minimum absolute atomic E-state index is 0.0243. The fraction of sp³-hybridized carbons (Fsp3) is 0.222. The zero-order valence-corrected chi connectivity index (χ0v) is 34.2. The van der Waals surface area contributed by atoms with Crippen LogP contribution in [0.2, 0.25) is 0 Å². The van der Waals surface area contributed by atoms with Crippen molar-refractivity contribution >= 4 is 11.8 Å². The summed E-state index contributed by atoms with van der Waals surface area (Å²) >= 11 is 1.85. The molecule has 2 nitrogen and oxygen atoms in total. The molecule has 2 aliphatic carbocycles. The van der Waals surface area contributed by atoms with E-state index in [0.717, 1.165) is 13.0 Å². The molecule has 282 valence electrons. The zero-order chi connectivity index (χ0) is 38.7. The van der Waals surface area contributed by atoms with Crippen molar-refractivity contribution in [3.63, 3.8) is 0 Å². The van der Waals surface area contributed by atoms with Gasteiger partial charge in [0.1, 0.15) is 6.04 Å². The largest absolute Gasteiger partial charge is 0.320 e. The van der Waals surface area contributed by atoms with Crippen LogP contribution in [0.25, 0.3) is 22.3 Å². The first-order valence-corrected chi connectivity index (χ1v) is 21.7. The van der Waals surface area contributed by atoms with Crippen molar-refractivity contribution in [2.45, 2.75) is 86.0 Å². The van der Waals surface area contributed by atoms with Gasteiger partial charge in [0.15, 0.2) is 6.17 Å². The van der Waals surface area contributed by atoms with Gasteiger partial charge in [-0.1, -0.05) is 179 Å². The summed E-state index contributed by atoms with van der Waals surface area (Å²) in [6, 6.07) is 64.9. The number of benzene rings is 7.